The molecular formula is C17H29N3O3S. The Morgan fingerprint density at radius 2 is 1.58 bits per heavy atom. The summed E-state index contributed by atoms with van der Waals surface area (Å²) in [5, 5.41) is 0. The zero-order valence-electron chi connectivity index (χ0n) is 15.1. The molecule has 0 aliphatic rings. The van der Waals surface area contributed by atoms with Crippen LogP contribution in [-0.2, 0) is 14.8 Å². The fourth-order valence-electron chi connectivity index (χ4n) is 2.55. The second-order valence-corrected chi connectivity index (χ2v) is 7.50. The lowest BCUT2D eigenvalue weighted by atomic mass is 10.2. The summed E-state index contributed by atoms with van der Waals surface area (Å²) < 4.78 is 25.9. The van der Waals surface area contributed by atoms with Gasteiger partial charge in [0, 0.05) is 44.5 Å². The number of nitrogens with zero attached hydrogens (tertiary/aromatic N) is 2. The summed E-state index contributed by atoms with van der Waals surface area (Å²) in [5.41, 5.74) is 1.88. The molecule has 0 aliphatic heterocycles. The van der Waals surface area contributed by atoms with Crippen molar-refractivity contribution in [2.45, 2.75) is 34.1 Å². The molecule has 1 aromatic rings. The third kappa shape index (κ3) is 6.13. The second kappa shape index (κ2) is 9.64. The van der Waals surface area contributed by atoms with Gasteiger partial charge in [0.05, 0.1) is 5.75 Å². The molecule has 0 saturated heterocycles. The third-order valence-electron chi connectivity index (χ3n) is 3.80. The van der Waals surface area contributed by atoms with Crippen LogP contribution in [0.4, 0.5) is 11.4 Å². The SMILES string of the molecule is CCCS(=O)(=O)NCCN(C(C)=O)c1ccc(N(CC)CC)cc1. The number of nitrogens with one attached hydrogen (secondary N) is 1. The van der Waals surface area contributed by atoms with E-state index in [0.717, 1.165) is 24.5 Å². The average Bonchev–Trinajstić information content (AvgIpc) is 2.53. The lowest BCUT2D eigenvalue weighted by Gasteiger charge is -2.24. The van der Waals surface area contributed by atoms with E-state index in [9.17, 15) is 13.2 Å². The van der Waals surface area contributed by atoms with E-state index in [2.05, 4.69) is 23.5 Å². The number of rotatable bonds is 10. The minimum absolute atomic E-state index is 0.103. The first-order valence-corrected chi connectivity index (χ1v) is 10.1. The smallest absolute Gasteiger partial charge is 0.223 e. The molecule has 1 rings (SSSR count). The lowest BCUT2D eigenvalue weighted by Crippen LogP contribution is -2.38. The maximum Gasteiger partial charge on any atom is 0.223 e. The van der Waals surface area contributed by atoms with Crippen LogP contribution in [0.2, 0.25) is 0 Å². The van der Waals surface area contributed by atoms with Gasteiger partial charge in [-0.25, -0.2) is 13.1 Å². The fraction of sp³-hybridized carbons (Fsp3) is 0.588. The van der Waals surface area contributed by atoms with Crippen molar-refractivity contribution in [2.24, 2.45) is 0 Å². The maximum atomic E-state index is 11.9. The predicted octanol–water partition coefficient (Wildman–Crippen LogP) is 2.22. The standard InChI is InChI=1S/C17H29N3O3S/c1-5-14-24(22,23)18-12-13-20(15(4)21)17-10-8-16(9-11-17)19(6-2)7-3/h8-11,18H,5-7,12-14H2,1-4H3. The number of sulfonamides is 1. The van der Waals surface area contributed by atoms with Crippen molar-refractivity contribution in [1.29, 1.82) is 0 Å². The highest BCUT2D eigenvalue weighted by atomic mass is 32.2. The summed E-state index contributed by atoms with van der Waals surface area (Å²) in [5.74, 6) is -0.00804. The summed E-state index contributed by atoms with van der Waals surface area (Å²) in [6.07, 6.45) is 0.568. The Labute approximate surface area is 145 Å². The minimum atomic E-state index is -3.25. The molecule has 0 bridgehead atoms. The molecule has 0 aliphatic carbocycles. The first kappa shape index (κ1) is 20.4. The van der Waals surface area contributed by atoms with Gasteiger partial charge in [0.25, 0.3) is 0 Å². The Hall–Kier alpha value is -1.60. The van der Waals surface area contributed by atoms with E-state index >= 15 is 0 Å². The van der Waals surface area contributed by atoms with Crippen molar-refractivity contribution < 1.29 is 13.2 Å². The first-order chi connectivity index (χ1) is 11.3. The zero-order chi connectivity index (χ0) is 18.2. The van der Waals surface area contributed by atoms with Crippen LogP contribution in [0.25, 0.3) is 0 Å². The van der Waals surface area contributed by atoms with Gasteiger partial charge in [-0.3, -0.25) is 4.79 Å². The number of hydrogen-bond donors (Lipinski definition) is 1. The van der Waals surface area contributed by atoms with Crippen molar-refractivity contribution in [3.8, 4) is 0 Å². The molecule has 1 aromatic carbocycles. The zero-order valence-corrected chi connectivity index (χ0v) is 15.9. The van der Waals surface area contributed by atoms with Gasteiger partial charge in [-0.05, 0) is 44.5 Å². The molecule has 0 saturated carbocycles. The molecule has 0 aromatic heterocycles. The first-order valence-electron chi connectivity index (χ1n) is 8.45. The monoisotopic (exact) mass is 355 g/mol. The number of carbonyl (C=O) groups excluding carboxylic acids is 1. The van der Waals surface area contributed by atoms with Crippen LogP contribution in [0.5, 0.6) is 0 Å². The van der Waals surface area contributed by atoms with E-state index < -0.39 is 10.0 Å². The van der Waals surface area contributed by atoms with E-state index in [4.69, 9.17) is 0 Å². The molecule has 0 spiro atoms. The van der Waals surface area contributed by atoms with E-state index in [-0.39, 0.29) is 18.2 Å². The molecule has 0 radical (unpaired) electrons. The highest BCUT2D eigenvalue weighted by Gasteiger charge is 2.14. The molecule has 0 unspecified atom stereocenters. The molecule has 1 N–H and O–H groups in total. The Morgan fingerprint density at radius 3 is 2.04 bits per heavy atom. The Morgan fingerprint density at radius 1 is 1.04 bits per heavy atom. The predicted molar refractivity (Wildman–Crippen MR) is 100 cm³/mol. The van der Waals surface area contributed by atoms with Crippen LogP contribution in [0.15, 0.2) is 24.3 Å². The number of hydrogen-bond acceptors (Lipinski definition) is 4. The van der Waals surface area contributed by atoms with Gasteiger partial charge in [-0.1, -0.05) is 6.92 Å². The second-order valence-electron chi connectivity index (χ2n) is 5.57. The minimum Gasteiger partial charge on any atom is -0.372 e. The Bertz CT molecular complexity index is 610. The highest BCUT2D eigenvalue weighted by Crippen LogP contribution is 2.20. The summed E-state index contributed by atoms with van der Waals surface area (Å²) in [4.78, 5) is 15.7. The van der Waals surface area contributed by atoms with Crippen LogP contribution >= 0.6 is 0 Å². The summed E-state index contributed by atoms with van der Waals surface area (Å²) in [7, 11) is -3.25. The van der Waals surface area contributed by atoms with Gasteiger partial charge in [0.2, 0.25) is 15.9 Å². The van der Waals surface area contributed by atoms with Crippen molar-refractivity contribution in [2.75, 3.05) is 41.7 Å². The van der Waals surface area contributed by atoms with Crippen LogP contribution in [-0.4, -0.2) is 46.3 Å². The summed E-state index contributed by atoms with van der Waals surface area (Å²) in [6.45, 7) is 9.86. The highest BCUT2D eigenvalue weighted by molar-refractivity contribution is 7.89. The maximum absolute atomic E-state index is 11.9. The summed E-state index contributed by atoms with van der Waals surface area (Å²) in [6, 6.07) is 7.77. The van der Waals surface area contributed by atoms with Crippen molar-refractivity contribution in [3.05, 3.63) is 24.3 Å². The number of benzene rings is 1. The molecule has 1 amide bonds. The molecule has 0 atom stereocenters. The number of carbonyl (C=O) groups is 1. The average molecular weight is 356 g/mol. The van der Waals surface area contributed by atoms with Gasteiger partial charge < -0.3 is 9.80 Å². The molecular weight excluding hydrogens is 326 g/mol. The van der Waals surface area contributed by atoms with Gasteiger partial charge in [0.15, 0.2) is 0 Å². The van der Waals surface area contributed by atoms with Crippen molar-refractivity contribution in [1.82, 2.24) is 4.72 Å². The lowest BCUT2D eigenvalue weighted by molar-refractivity contribution is -0.116. The van der Waals surface area contributed by atoms with Gasteiger partial charge in [-0.15, -0.1) is 0 Å². The molecule has 24 heavy (non-hydrogen) atoms. The Kier molecular flexibility index (Phi) is 8.21. The van der Waals surface area contributed by atoms with Crippen LogP contribution in [0, 0.1) is 0 Å². The van der Waals surface area contributed by atoms with Crippen LogP contribution < -0.4 is 14.5 Å². The molecule has 0 fully saturated rings. The molecule has 6 nitrogen and oxygen atoms in total. The largest absolute Gasteiger partial charge is 0.372 e. The normalized spacial score (nSPS) is 11.3. The van der Waals surface area contributed by atoms with Gasteiger partial charge >= 0.3 is 0 Å². The van der Waals surface area contributed by atoms with Crippen LogP contribution in [0.1, 0.15) is 34.1 Å². The van der Waals surface area contributed by atoms with Gasteiger partial charge in [-0.2, -0.15) is 0 Å². The molecule has 0 heterocycles. The van der Waals surface area contributed by atoms with E-state index in [1.54, 1.807) is 4.90 Å². The molecule has 136 valence electrons. The number of amides is 1. The summed E-state index contributed by atoms with van der Waals surface area (Å²) >= 11 is 0. The quantitative estimate of drug-likeness (QED) is 0.699. The number of anilines is 2. The fourth-order valence-corrected chi connectivity index (χ4v) is 3.64. The van der Waals surface area contributed by atoms with Crippen molar-refractivity contribution in [3.63, 3.8) is 0 Å². The topological polar surface area (TPSA) is 69.7 Å². The van der Waals surface area contributed by atoms with E-state index in [1.807, 2.05) is 31.2 Å². The Balaban J connectivity index is 2.77. The van der Waals surface area contributed by atoms with Crippen LogP contribution in [0.3, 0.4) is 0 Å². The molecule has 7 heteroatoms. The van der Waals surface area contributed by atoms with E-state index in [1.165, 1.54) is 6.92 Å². The van der Waals surface area contributed by atoms with Crippen molar-refractivity contribution >= 4 is 27.3 Å². The third-order valence-corrected chi connectivity index (χ3v) is 5.39. The van der Waals surface area contributed by atoms with E-state index in [0.29, 0.717) is 13.0 Å². The van der Waals surface area contributed by atoms with Gasteiger partial charge in [0.1, 0.15) is 0 Å².